The van der Waals surface area contributed by atoms with E-state index in [0.29, 0.717) is 24.1 Å². The van der Waals surface area contributed by atoms with E-state index in [-0.39, 0.29) is 27.9 Å². The third-order valence-electron chi connectivity index (χ3n) is 6.31. The van der Waals surface area contributed by atoms with Gasteiger partial charge >= 0.3 is 18.0 Å². The minimum Gasteiger partial charge on any atom is -0.347 e. The molecule has 37 heavy (non-hydrogen) atoms. The summed E-state index contributed by atoms with van der Waals surface area (Å²) in [5.74, 6) is -1.26. The Hall–Kier alpha value is -3.11. The van der Waals surface area contributed by atoms with E-state index in [1.807, 2.05) is 20.8 Å². The smallest absolute Gasteiger partial charge is 0.347 e. The van der Waals surface area contributed by atoms with Gasteiger partial charge in [0.1, 0.15) is 0 Å². The maximum Gasteiger partial charge on any atom is 0.435 e. The zero-order valence-electron chi connectivity index (χ0n) is 21.0. The molecule has 0 unspecified atom stereocenters. The fourth-order valence-corrected chi connectivity index (χ4v) is 3.88. The average Bonchev–Trinajstić information content (AvgIpc) is 3.59. The molecule has 2 amide bonds. The standard InChI is InChI=1S/C24H23F7N2O2.C2H6/c1-4-21(10-11-21)33-20(35)18-13(2)6-5-7-16(18)19(34)32-17-9-8-15(12-14(17)3)22(25,23(26,27)28)24(29,30)31;1-2/h5-9,12H,4,10-11H2,1-3H3,(H,32,34)(H,33,35);1-2H3. The summed E-state index contributed by atoms with van der Waals surface area (Å²) in [6, 6.07) is 6.02. The SMILES string of the molecule is CC.CCC1(NC(=O)c2c(C)cccc2C(=O)Nc2ccc(C(F)(C(F)(F)F)C(F)(F)F)cc2C)CC1. The number of anilines is 1. The van der Waals surface area contributed by atoms with E-state index in [0.717, 1.165) is 25.8 Å². The van der Waals surface area contributed by atoms with Crippen molar-refractivity contribution in [1.82, 2.24) is 5.32 Å². The van der Waals surface area contributed by atoms with Gasteiger partial charge in [-0.3, -0.25) is 9.59 Å². The summed E-state index contributed by atoms with van der Waals surface area (Å²) >= 11 is 0. The third kappa shape index (κ3) is 5.91. The molecule has 1 fully saturated rings. The normalized spacial score (nSPS) is 14.8. The van der Waals surface area contributed by atoms with Gasteiger partial charge in [-0.1, -0.05) is 45.0 Å². The van der Waals surface area contributed by atoms with Crippen LogP contribution in [-0.2, 0) is 5.67 Å². The van der Waals surface area contributed by atoms with Crippen molar-refractivity contribution in [3.8, 4) is 0 Å². The van der Waals surface area contributed by atoms with Crippen LogP contribution in [0.3, 0.4) is 0 Å². The zero-order valence-corrected chi connectivity index (χ0v) is 21.0. The first-order chi connectivity index (χ1) is 17.1. The molecule has 204 valence electrons. The fraction of sp³-hybridized carbons (Fsp3) is 0.462. The van der Waals surface area contributed by atoms with Crippen molar-refractivity contribution in [3.63, 3.8) is 0 Å². The quantitative estimate of drug-likeness (QED) is 0.376. The predicted octanol–water partition coefficient (Wildman–Crippen LogP) is 7.54. The zero-order chi connectivity index (χ0) is 28.4. The Bertz CT molecular complexity index is 1140. The van der Waals surface area contributed by atoms with Crippen LogP contribution in [-0.4, -0.2) is 29.7 Å². The molecule has 2 aromatic carbocycles. The van der Waals surface area contributed by atoms with Crippen LogP contribution in [0, 0.1) is 13.8 Å². The number of benzene rings is 2. The number of hydrogen-bond acceptors (Lipinski definition) is 2. The molecule has 0 aliphatic heterocycles. The number of amides is 2. The molecule has 1 aliphatic carbocycles. The van der Waals surface area contributed by atoms with E-state index in [1.165, 1.54) is 12.1 Å². The van der Waals surface area contributed by atoms with Gasteiger partial charge in [-0.05, 0) is 56.4 Å². The Morgan fingerprint density at radius 1 is 0.865 bits per heavy atom. The summed E-state index contributed by atoms with van der Waals surface area (Å²) < 4.78 is 92.7. The third-order valence-corrected chi connectivity index (χ3v) is 6.31. The lowest BCUT2D eigenvalue weighted by Crippen LogP contribution is -2.50. The minimum absolute atomic E-state index is 0.0247. The van der Waals surface area contributed by atoms with E-state index in [1.54, 1.807) is 13.0 Å². The minimum atomic E-state index is -6.25. The molecule has 1 aliphatic rings. The van der Waals surface area contributed by atoms with Gasteiger partial charge in [0.05, 0.1) is 11.1 Å². The van der Waals surface area contributed by atoms with Gasteiger partial charge in [0, 0.05) is 16.8 Å². The van der Waals surface area contributed by atoms with Crippen LogP contribution in [0.1, 0.15) is 77.4 Å². The van der Waals surface area contributed by atoms with E-state index < -0.39 is 35.4 Å². The van der Waals surface area contributed by atoms with Gasteiger partial charge in [-0.15, -0.1) is 0 Å². The molecular weight excluding hydrogens is 505 g/mol. The number of aryl methyl sites for hydroxylation is 2. The molecule has 1 saturated carbocycles. The molecule has 3 rings (SSSR count). The highest BCUT2D eigenvalue weighted by Gasteiger charge is 2.73. The Labute approximate surface area is 210 Å². The van der Waals surface area contributed by atoms with Crippen LogP contribution in [0.5, 0.6) is 0 Å². The number of halogens is 7. The topological polar surface area (TPSA) is 58.2 Å². The van der Waals surface area contributed by atoms with Crippen molar-refractivity contribution in [1.29, 1.82) is 0 Å². The van der Waals surface area contributed by atoms with Crippen LogP contribution >= 0.6 is 0 Å². The van der Waals surface area contributed by atoms with E-state index in [2.05, 4.69) is 10.6 Å². The van der Waals surface area contributed by atoms with Gasteiger partial charge in [0.25, 0.3) is 11.8 Å². The highest BCUT2D eigenvalue weighted by Crippen LogP contribution is 2.53. The second-order valence-electron chi connectivity index (χ2n) is 8.72. The van der Waals surface area contributed by atoms with E-state index in [4.69, 9.17) is 0 Å². The van der Waals surface area contributed by atoms with Crippen LogP contribution in [0.15, 0.2) is 36.4 Å². The van der Waals surface area contributed by atoms with Crippen molar-refractivity contribution in [2.24, 2.45) is 0 Å². The van der Waals surface area contributed by atoms with Gasteiger partial charge < -0.3 is 10.6 Å². The molecule has 11 heteroatoms. The summed E-state index contributed by atoms with van der Waals surface area (Å²) in [6.45, 7) is 8.69. The molecule has 2 aromatic rings. The summed E-state index contributed by atoms with van der Waals surface area (Å²) in [7, 11) is 0. The monoisotopic (exact) mass is 534 g/mol. The molecule has 0 heterocycles. The molecule has 0 spiro atoms. The number of alkyl halides is 7. The summed E-state index contributed by atoms with van der Waals surface area (Å²) in [6.07, 6.45) is -10.2. The van der Waals surface area contributed by atoms with Gasteiger partial charge in [-0.25, -0.2) is 4.39 Å². The molecule has 0 saturated heterocycles. The Kier molecular flexibility index (Phi) is 8.72. The van der Waals surface area contributed by atoms with Gasteiger partial charge in [0.15, 0.2) is 0 Å². The molecule has 2 N–H and O–H groups in total. The number of rotatable bonds is 6. The second kappa shape index (κ2) is 10.7. The Morgan fingerprint density at radius 2 is 1.43 bits per heavy atom. The molecule has 0 aromatic heterocycles. The number of carbonyl (C=O) groups excluding carboxylic acids is 2. The Balaban J connectivity index is 0.00000235. The van der Waals surface area contributed by atoms with E-state index >= 15 is 0 Å². The molecule has 0 bridgehead atoms. The van der Waals surface area contributed by atoms with Crippen LogP contribution in [0.2, 0.25) is 0 Å². The lowest BCUT2D eigenvalue weighted by Gasteiger charge is -2.30. The number of nitrogens with one attached hydrogen (secondary N) is 2. The molecule has 0 atom stereocenters. The highest BCUT2D eigenvalue weighted by molar-refractivity contribution is 6.13. The fourth-order valence-electron chi connectivity index (χ4n) is 3.88. The lowest BCUT2D eigenvalue weighted by molar-refractivity contribution is -0.348. The summed E-state index contributed by atoms with van der Waals surface area (Å²) in [5.41, 5.74) is -7.33. The first-order valence-electron chi connectivity index (χ1n) is 11.7. The first kappa shape index (κ1) is 30.1. The van der Waals surface area contributed by atoms with Gasteiger partial charge in [-0.2, -0.15) is 26.3 Å². The predicted molar refractivity (Wildman–Crippen MR) is 126 cm³/mol. The molecular formula is C26H29F7N2O2. The highest BCUT2D eigenvalue weighted by atomic mass is 19.4. The number of hydrogen-bond donors (Lipinski definition) is 2. The van der Waals surface area contributed by atoms with Crippen molar-refractivity contribution in [2.45, 2.75) is 77.4 Å². The van der Waals surface area contributed by atoms with E-state index in [9.17, 15) is 40.3 Å². The van der Waals surface area contributed by atoms with Crippen molar-refractivity contribution < 1.29 is 40.3 Å². The summed E-state index contributed by atoms with van der Waals surface area (Å²) in [4.78, 5) is 25.9. The lowest BCUT2D eigenvalue weighted by atomic mass is 9.92. The molecule has 4 nitrogen and oxygen atoms in total. The second-order valence-corrected chi connectivity index (χ2v) is 8.72. The first-order valence-corrected chi connectivity index (χ1v) is 11.7. The van der Waals surface area contributed by atoms with Crippen molar-refractivity contribution in [2.75, 3.05) is 5.32 Å². The maximum atomic E-state index is 14.4. The van der Waals surface area contributed by atoms with Crippen LogP contribution in [0.4, 0.5) is 36.4 Å². The van der Waals surface area contributed by atoms with Crippen LogP contribution in [0.25, 0.3) is 0 Å². The summed E-state index contributed by atoms with van der Waals surface area (Å²) in [5, 5.41) is 5.32. The molecule has 0 radical (unpaired) electrons. The Morgan fingerprint density at radius 3 is 1.89 bits per heavy atom. The largest absolute Gasteiger partial charge is 0.435 e. The maximum absolute atomic E-state index is 14.4. The van der Waals surface area contributed by atoms with Crippen molar-refractivity contribution in [3.05, 3.63) is 64.2 Å². The number of carbonyl (C=O) groups is 2. The van der Waals surface area contributed by atoms with Gasteiger partial charge in [0.2, 0.25) is 0 Å². The van der Waals surface area contributed by atoms with Crippen LogP contribution < -0.4 is 10.6 Å². The van der Waals surface area contributed by atoms with Crippen molar-refractivity contribution >= 4 is 17.5 Å². The average molecular weight is 535 g/mol.